The van der Waals surface area contributed by atoms with Crippen LogP contribution in [0, 0.1) is 6.92 Å². The fraction of sp³-hybridized carbons (Fsp3) is 0.364. The predicted octanol–water partition coefficient (Wildman–Crippen LogP) is 2.15. The van der Waals surface area contributed by atoms with Crippen LogP contribution in [-0.4, -0.2) is 14.8 Å². The maximum Gasteiger partial charge on any atom is 0.0522 e. The van der Waals surface area contributed by atoms with E-state index in [1.807, 2.05) is 6.20 Å². The number of nitrogens with one attached hydrogen (secondary N) is 1. The molecule has 0 spiro atoms. The first-order valence-corrected chi connectivity index (χ1v) is 4.96. The van der Waals surface area contributed by atoms with E-state index >= 15 is 0 Å². The van der Waals surface area contributed by atoms with Crippen LogP contribution in [0.25, 0.3) is 0 Å². The van der Waals surface area contributed by atoms with Crippen molar-refractivity contribution in [1.82, 2.24) is 14.8 Å². The van der Waals surface area contributed by atoms with Crippen molar-refractivity contribution in [3.8, 4) is 0 Å². The molecule has 2 heterocycles. The summed E-state index contributed by atoms with van der Waals surface area (Å²) in [6.45, 7) is 3.15. The molecule has 14 heavy (non-hydrogen) atoms. The van der Waals surface area contributed by atoms with Crippen molar-refractivity contribution in [3.63, 3.8) is 0 Å². The maximum atomic E-state index is 4.01. The first-order chi connectivity index (χ1) is 6.86. The van der Waals surface area contributed by atoms with Crippen molar-refractivity contribution in [1.29, 1.82) is 0 Å². The van der Waals surface area contributed by atoms with Crippen LogP contribution < -0.4 is 0 Å². The normalized spacial score (nSPS) is 10.6. The predicted molar refractivity (Wildman–Crippen MR) is 56.1 cm³/mol. The van der Waals surface area contributed by atoms with Crippen LogP contribution >= 0.6 is 0 Å². The van der Waals surface area contributed by atoms with E-state index in [4.69, 9.17) is 0 Å². The number of nitrogens with zero attached hydrogens (tertiary/aromatic N) is 2. The summed E-state index contributed by atoms with van der Waals surface area (Å²) in [7, 11) is 0. The molecule has 0 fully saturated rings. The summed E-state index contributed by atoms with van der Waals surface area (Å²) in [5.41, 5.74) is 2.52. The minimum absolute atomic E-state index is 1.08. The summed E-state index contributed by atoms with van der Waals surface area (Å²) in [6.07, 6.45) is 8.38. The molecule has 0 aromatic carbocycles. The zero-order chi connectivity index (χ0) is 9.80. The highest BCUT2D eigenvalue weighted by molar-refractivity contribution is 5.14. The van der Waals surface area contributed by atoms with Gasteiger partial charge in [0.25, 0.3) is 0 Å². The summed E-state index contributed by atoms with van der Waals surface area (Å²) in [5, 5.41) is 6.96. The molecule has 0 saturated heterocycles. The van der Waals surface area contributed by atoms with Crippen LogP contribution in [0.3, 0.4) is 0 Å². The van der Waals surface area contributed by atoms with Gasteiger partial charge in [-0.2, -0.15) is 5.10 Å². The molecule has 0 amide bonds. The number of aromatic amines is 1. The topological polar surface area (TPSA) is 33.6 Å². The fourth-order valence-corrected chi connectivity index (χ4v) is 1.60. The van der Waals surface area contributed by atoms with Gasteiger partial charge in [0.2, 0.25) is 0 Å². The standard InChI is InChI=1S/C11H15N3/c1-10-11(9-12-13-10)5-4-8-14-6-2-3-7-14/h2-3,6-7,9H,4-5,8H2,1H3,(H,12,13). The summed E-state index contributed by atoms with van der Waals surface area (Å²) in [5.74, 6) is 0. The molecule has 0 bridgehead atoms. The van der Waals surface area contributed by atoms with Gasteiger partial charge in [-0.05, 0) is 37.5 Å². The molecule has 74 valence electrons. The van der Waals surface area contributed by atoms with Crippen molar-refractivity contribution in [2.45, 2.75) is 26.3 Å². The summed E-state index contributed by atoms with van der Waals surface area (Å²) >= 11 is 0. The van der Waals surface area contributed by atoms with Crippen LogP contribution in [0.1, 0.15) is 17.7 Å². The van der Waals surface area contributed by atoms with E-state index in [-0.39, 0.29) is 0 Å². The quantitative estimate of drug-likeness (QED) is 0.785. The van der Waals surface area contributed by atoms with Crippen LogP contribution in [0.4, 0.5) is 0 Å². The smallest absolute Gasteiger partial charge is 0.0522 e. The lowest BCUT2D eigenvalue weighted by molar-refractivity contribution is 0.644. The highest BCUT2D eigenvalue weighted by atomic mass is 15.1. The third-order valence-corrected chi connectivity index (χ3v) is 2.46. The Morgan fingerprint density at radius 1 is 1.36 bits per heavy atom. The molecule has 0 radical (unpaired) electrons. The molecule has 2 aromatic rings. The molecule has 0 unspecified atom stereocenters. The Kier molecular flexibility index (Phi) is 2.68. The lowest BCUT2D eigenvalue weighted by Gasteiger charge is -2.01. The number of hydrogen-bond donors (Lipinski definition) is 1. The van der Waals surface area contributed by atoms with Crippen LogP contribution in [0.15, 0.2) is 30.7 Å². The summed E-state index contributed by atoms with van der Waals surface area (Å²) in [4.78, 5) is 0. The number of hydrogen-bond acceptors (Lipinski definition) is 1. The SMILES string of the molecule is Cc1[nH]ncc1CCCn1cccc1. The molecule has 0 aliphatic rings. The molecule has 3 nitrogen and oxygen atoms in total. The van der Waals surface area contributed by atoms with E-state index in [0.29, 0.717) is 0 Å². The number of aromatic nitrogens is 3. The number of rotatable bonds is 4. The maximum absolute atomic E-state index is 4.01. The molecular weight excluding hydrogens is 174 g/mol. The summed E-state index contributed by atoms with van der Waals surface area (Å²) in [6, 6.07) is 4.12. The van der Waals surface area contributed by atoms with Gasteiger partial charge in [-0.1, -0.05) is 0 Å². The average Bonchev–Trinajstić information content (AvgIpc) is 2.78. The van der Waals surface area contributed by atoms with Gasteiger partial charge in [0.05, 0.1) is 6.20 Å². The minimum atomic E-state index is 1.08. The Morgan fingerprint density at radius 3 is 2.79 bits per heavy atom. The molecule has 1 N–H and O–H groups in total. The molecule has 0 atom stereocenters. The second-order valence-electron chi connectivity index (χ2n) is 3.54. The highest BCUT2D eigenvalue weighted by Gasteiger charge is 1.99. The highest BCUT2D eigenvalue weighted by Crippen LogP contribution is 2.06. The molecule has 0 saturated carbocycles. The number of aryl methyl sites for hydroxylation is 3. The van der Waals surface area contributed by atoms with E-state index in [9.17, 15) is 0 Å². The Balaban J connectivity index is 1.81. The van der Waals surface area contributed by atoms with Gasteiger partial charge in [0.15, 0.2) is 0 Å². The first kappa shape index (κ1) is 9.06. The Bertz CT molecular complexity index is 373. The first-order valence-electron chi connectivity index (χ1n) is 4.96. The average molecular weight is 189 g/mol. The van der Waals surface area contributed by atoms with E-state index in [1.54, 1.807) is 0 Å². The van der Waals surface area contributed by atoms with Crippen molar-refractivity contribution in [3.05, 3.63) is 42.0 Å². The Hall–Kier alpha value is -1.51. The molecule has 2 aromatic heterocycles. The Labute approximate surface area is 83.8 Å². The van der Waals surface area contributed by atoms with Gasteiger partial charge in [-0.15, -0.1) is 0 Å². The Morgan fingerprint density at radius 2 is 2.14 bits per heavy atom. The van der Waals surface area contributed by atoms with E-state index in [1.165, 1.54) is 11.3 Å². The van der Waals surface area contributed by atoms with Crippen LogP contribution in [0.5, 0.6) is 0 Å². The lowest BCUT2D eigenvalue weighted by Crippen LogP contribution is -1.96. The third-order valence-electron chi connectivity index (χ3n) is 2.46. The molecule has 0 aliphatic heterocycles. The second-order valence-corrected chi connectivity index (χ2v) is 3.54. The van der Waals surface area contributed by atoms with Crippen LogP contribution in [-0.2, 0) is 13.0 Å². The third kappa shape index (κ3) is 2.05. The monoisotopic (exact) mass is 189 g/mol. The molecule has 0 aliphatic carbocycles. The van der Waals surface area contributed by atoms with Crippen molar-refractivity contribution >= 4 is 0 Å². The van der Waals surface area contributed by atoms with Gasteiger partial charge in [-0.25, -0.2) is 0 Å². The largest absolute Gasteiger partial charge is 0.354 e. The fourth-order valence-electron chi connectivity index (χ4n) is 1.60. The number of H-pyrrole nitrogens is 1. The summed E-state index contributed by atoms with van der Waals surface area (Å²) < 4.78 is 2.20. The van der Waals surface area contributed by atoms with E-state index < -0.39 is 0 Å². The van der Waals surface area contributed by atoms with E-state index in [0.717, 1.165) is 19.4 Å². The van der Waals surface area contributed by atoms with Crippen molar-refractivity contribution in [2.24, 2.45) is 0 Å². The molecule has 3 heteroatoms. The minimum Gasteiger partial charge on any atom is -0.354 e. The van der Waals surface area contributed by atoms with Crippen molar-refractivity contribution in [2.75, 3.05) is 0 Å². The zero-order valence-corrected chi connectivity index (χ0v) is 8.40. The van der Waals surface area contributed by atoms with Crippen LogP contribution in [0.2, 0.25) is 0 Å². The van der Waals surface area contributed by atoms with Gasteiger partial charge in [-0.3, -0.25) is 5.10 Å². The van der Waals surface area contributed by atoms with Gasteiger partial charge >= 0.3 is 0 Å². The second kappa shape index (κ2) is 4.13. The van der Waals surface area contributed by atoms with Gasteiger partial charge < -0.3 is 4.57 Å². The zero-order valence-electron chi connectivity index (χ0n) is 8.40. The van der Waals surface area contributed by atoms with Gasteiger partial charge in [0.1, 0.15) is 0 Å². The lowest BCUT2D eigenvalue weighted by atomic mass is 10.1. The van der Waals surface area contributed by atoms with Crippen molar-refractivity contribution < 1.29 is 0 Å². The van der Waals surface area contributed by atoms with E-state index in [2.05, 4.69) is 46.2 Å². The molecular formula is C11H15N3. The molecule has 2 rings (SSSR count). The van der Waals surface area contributed by atoms with Gasteiger partial charge in [0, 0.05) is 24.6 Å².